The van der Waals surface area contributed by atoms with Crippen LogP contribution in [0.3, 0.4) is 0 Å². The van der Waals surface area contributed by atoms with E-state index in [9.17, 15) is 38.4 Å². The smallest absolute Gasteiger partial charge is 0.331 e. The van der Waals surface area contributed by atoms with Crippen LogP contribution in [0.4, 0.5) is 0 Å². The molecule has 0 aromatic carbocycles. The van der Waals surface area contributed by atoms with E-state index in [1.165, 1.54) is 9.80 Å². The molecule has 0 bridgehead atoms. The standard InChI is InChI=1S/C22H26N4O10/c27-15(9-10-20(32)35-25-16(28)5-6-17(25)29)23-11-1-3-13(23)21(33)24-12-2-4-14(24)22(34)36-26-18(30)7-8-19(26)31/h13-14H,1-12H2/t13-,14?/m0/s1. The molecule has 1 unspecified atom stereocenters. The minimum absolute atomic E-state index is 0.0434. The molecule has 14 nitrogen and oxygen atoms in total. The summed E-state index contributed by atoms with van der Waals surface area (Å²) < 4.78 is 0. The lowest BCUT2D eigenvalue weighted by molar-refractivity contribution is -0.201. The average Bonchev–Trinajstić information content (AvgIpc) is 3.64. The second-order valence-electron chi connectivity index (χ2n) is 8.97. The number of hydrogen-bond acceptors (Lipinski definition) is 10. The first kappa shape index (κ1) is 25.3. The third-order valence-electron chi connectivity index (χ3n) is 6.60. The molecule has 4 rings (SSSR count). The molecular weight excluding hydrogens is 480 g/mol. The van der Waals surface area contributed by atoms with E-state index in [2.05, 4.69) is 0 Å². The summed E-state index contributed by atoms with van der Waals surface area (Å²) in [6.45, 7) is 0.538. The van der Waals surface area contributed by atoms with E-state index in [4.69, 9.17) is 9.68 Å². The van der Waals surface area contributed by atoms with Crippen LogP contribution < -0.4 is 0 Å². The Kier molecular flexibility index (Phi) is 7.31. The summed E-state index contributed by atoms with van der Waals surface area (Å²) in [5, 5.41) is 0.849. The Hall–Kier alpha value is -3.84. The molecule has 0 spiro atoms. The lowest BCUT2D eigenvalue weighted by Crippen LogP contribution is -2.52. The highest BCUT2D eigenvalue weighted by Crippen LogP contribution is 2.27. The first-order chi connectivity index (χ1) is 17.2. The molecule has 36 heavy (non-hydrogen) atoms. The predicted octanol–water partition coefficient (Wildman–Crippen LogP) is -1.04. The van der Waals surface area contributed by atoms with Crippen molar-refractivity contribution in [2.75, 3.05) is 13.1 Å². The maximum atomic E-state index is 13.3. The number of rotatable bonds is 7. The molecule has 4 saturated heterocycles. The van der Waals surface area contributed by atoms with E-state index in [1.54, 1.807) is 0 Å². The van der Waals surface area contributed by atoms with Crippen molar-refractivity contribution < 1.29 is 48.0 Å². The maximum Gasteiger partial charge on any atom is 0.355 e. The molecule has 0 aromatic rings. The number of hydrogen-bond donors (Lipinski definition) is 0. The Balaban J connectivity index is 1.32. The van der Waals surface area contributed by atoms with Gasteiger partial charge in [0, 0.05) is 45.2 Å². The van der Waals surface area contributed by atoms with Gasteiger partial charge >= 0.3 is 11.9 Å². The molecule has 4 fully saturated rings. The number of carbonyl (C=O) groups is 8. The minimum Gasteiger partial charge on any atom is -0.331 e. The maximum absolute atomic E-state index is 13.3. The summed E-state index contributed by atoms with van der Waals surface area (Å²) in [7, 11) is 0. The summed E-state index contributed by atoms with van der Waals surface area (Å²) in [4.78, 5) is 110. The molecule has 6 amide bonds. The van der Waals surface area contributed by atoms with Gasteiger partial charge in [0.1, 0.15) is 12.1 Å². The second kappa shape index (κ2) is 10.4. The minimum atomic E-state index is -0.984. The van der Waals surface area contributed by atoms with Crippen molar-refractivity contribution >= 4 is 47.4 Å². The number of nitrogens with zero attached hydrogens (tertiary/aromatic N) is 4. The van der Waals surface area contributed by atoms with Crippen molar-refractivity contribution in [3.05, 3.63) is 0 Å². The Morgan fingerprint density at radius 1 is 0.667 bits per heavy atom. The van der Waals surface area contributed by atoms with Crippen LogP contribution in [0.1, 0.15) is 64.2 Å². The molecular formula is C22H26N4O10. The van der Waals surface area contributed by atoms with Crippen molar-refractivity contribution in [2.45, 2.75) is 76.3 Å². The van der Waals surface area contributed by atoms with Gasteiger partial charge in [-0.3, -0.25) is 28.8 Å². The van der Waals surface area contributed by atoms with E-state index < -0.39 is 59.5 Å². The fraction of sp³-hybridized carbons (Fsp3) is 0.636. The summed E-state index contributed by atoms with van der Waals surface area (Å²) in [6, 6.07) is -1.82. The topological polar surface area (TPSA) is 168 Å². The van der Waals surface area contributed by atoms with Crippen molar-refractivity contribution in [1.82, 2.24) is 19.9 Å². The normalized spacial score (nSPS) is 24.2. The molecule has 0 radical (unpaired) electrons. The molecule has 2 atom stereocenters. The summed E-state index contributed by atoms with van der Waals surface area (Å²) >= 11 is 0. The van der Waals surface area contributed by atoms with Gasteiger partial charge < -0.3 is 19.5 Å². The quantitative estimate of drug-likeness (QED) is 0.389. The van der Waals surface area contributed by atoms with Crippen LogP contribution in [0.2, 0.25) is 0 Å². The zero-order chi connectivity index (χ0) is 26.0. The van der Waals surface area contributed by atoms with Crippen LogP contribution in [0, 0.1) is 0 Å². The molecule has 194 valence electrons. The molecule has 0 aliphatic carbocycles. The van der Waals surface area contributed by atoms with Crippen LogP contribution >= 0.6 is 0 Å². The van der Waals surface area contributed by atoms with Crippen LogP contribution in [-0.2, 0) is 48.0 Å². The van der Waals surface area contributed by atoms with Crippen LogP contribution in [-0.4, -0.2) is 92.5 Å². The molecule has 0 N–H and O–H groups in total. The van der Waals surface area contributed by atoms with E-state index in [0.29, 0.717) is 35.8 Å². The van der Waals surface area contributed by atoms with Crippen molar-refractivity contribution in [3.63, 3.8) is 0 Å². The van der Waals surface area contributed by atoms with Crippen molar-refractivity contribution in [3.8, 4) is 0 Å². The Labute approximate surface area is 205 Å². The summed E-state index contributed by atoms with van der Waals surface area (Å²) in [6.07, 6.45) is 0.864. The molecule has 4 aliphatic rings. The zero-order valence-corrected chi connectivity index (χ0v) is 19.5. The fourth-order valence-electron chi connectivity index (χ4n) is 4.76. The number of carbonyl (C=O) groups excluding carboxylic acids is 8. The highest BCUT2D eigenvalue weighted by atomic mass is 16.7. The van der Waals surface area contributed by atoms with Gasteiger partial charge in [-0.05, 0) is 25.7 Å². The van der Waals surface area contributed by atoms with E-state index in [1.807, 2.05) is 0 Å². The highest BCUT2D eigenvalue weighted by molar-refractivity contribution is 6.02. The van der Waals surface area contributed by atoms with Crippen LogP contribution in [0.5, 0.6) is 0 Å². The number of imide groups is 2. The SMILES string of the molecule is O=C(CCC(=O)N1CCC[C@H]1C(=O)N1CCCC1C(=O)ON1C(=O)CCC1=O)ON1C(=O)CCC1=O. The fourth-order valence-corrected chi connectivity index (χ4v) is 4.76. The van der Waals surface area contributed by atoms with Gasteiger partial charge in [0.15, 0.2) is 0 Å². The third kappa shape index (κ3) is 5.06. The molecule has 14 heteroatoms. The van der Waals surface area contributed by atoms with Gasteiger partial charge in [-0.25, -0.2) is 9.59 Å². The average molecular weight is 506 g/mol. The number of hydroxylamine groups is 4. The third-order valence-corrected chi connectivity index (χ3v) is 6.60. The van der Waals surface area contributed by atoms with Gasteiger partial charge in [-0.15, -0.1) is 10.1 Å². The van der Waals surface area contributed by atoms with E-state index >= 15 is 0 Å². The summed E-state index contributed by atoms with van der Waals surface area (Å²) in [5.74, 6) is -5.20. The van der Waals surface area contributed by atoms with Gasteiger partial charge in [0.25, 0.3) is 23.6 Å². The van der Waals surface area contributed by atoms with Gasteiger partial charge in [0.05, 0.1) is 6.42 Å². The van der Waals surface area contributed by atoms with Crippen molar-refractivity contribution in [2.24, 2.45) is 0 Å². The van der Waals surface area contributed by atoms with Crippen LogP contribution in [0.15, 0.2) is 0 Å². The first-order valence-corrected chi connectivity index (χ1v) is 11.9. The lowest BCUT2D eigenvalue weighted by atomic mass is 10.1. The number of likely N-dealkylation sites (tertiary alicyclic amines) is 2. The predicted molar refractivity (Wildman–Crippen MR) is 113 cm³/mol. The summed E-state index contributed by atoms with van der Waals surface area (Å²) in [5.41, 5.74) is 0. The van der Waals surface area contributed by atoms with Gasteiger partial charge in [-0.2, -0.15) is 0 Å². The van der Waals surface area contributed by atoms with Gasteiger partial charge in [0.2, 0.25) is 11.8 Å². The Morgan fingerprint density at radius 2 is 1.17 bits per heavy atom. The molecule has 4 aliphatic heterocycles. The Bertz CT molecular complexity index is 994. The monoisotopic (exact) mass is 506 g/mol. The largest absolute Gasteiger partial charge is 0.355 e. The second-order valence-corrected chi connectivity index (χ2v) is 8.97. The van der Waals surface area contributed by atoms with Crippen molar-refractivity contribution in [1.29, 1.82) is 0 Å². The molecule has 0 saturated carbocycles. The first-order valence-electron chi connectivity index (χ1n) is 11.9. The van der Waals surface area contributed by atoms with E-state index in [-0.39, 0.29) is 51.6 Å². The van der Waals surface area contributed by atoms with E-state index in [0.717, 1.165) is 0 Å². The lowest BCUT2D eigenvalue weighted by Gasteiger charge is -2.31. The highest BCUT2D eigenvalue weighted by Gasteiger charge is 2.44. The molecule has 0 aromatic heterocycles. The number of amides is 6. The zero-order valence-electron chi connectivity index (χ0n) is 19.5. The Morgan fingerprint density at radius 3 is 1.75 bits per heavy atom. The van der Waals surface area contributed by atoms with Gasteiger partial charge in [-0.1, -0.05) is 0 Å². The van der Waals surface area contributed by atoms with Crippen LogP contribution in [0.25, 0.3) is 0 Å². The molecule has 4 heterocycles.